The van der Waals surface area contributed by atoms with Gasteiger partial charge in [0.15, 0.2) is 0 Å². The summed E-state index contributed by atoms with van der Waals surface area (Å²) >= 11 is 0. The molecule has 15 heavy (non-hydrogen) atoms. The second-order valence-electron chi connectivity index (χ2n) is 3.57. The van der Waals surface area contributed by atoms with Crippen molar-refractivity contribution in [3.63, 3.8) is 0 Å². The standard InChI is InChI=1S/C12H17FOS/c1-2-3-4-5-9-15(14)12-8-6-7-11(13)10-12/h6-8,10H,2-5,9H2,1H3. The Labute approximate surface area is 93.2 Å². The Bertz CT molecular complexity index is 325. The average molecular weight is 228 g/mol. The van der Waals surface area contributed by atoms with E-state index in [1.54, 1.807) is 12.1 Å². The van der Waals surface area contributed by atoms with Crippen molar-refractivity contribution < 1.29 is 8.60 Å². The predicted octanol–water partition coefficient (Wildman–Crippen LogP) is 3.51. The van der Waals surface area contributed by atoms with E-state index < -0.39 is 10.8 Å². The molecule has 0 aliphatic carbocycles. The SMILES string of the molecule is CCCCCCS(=O)c1cccc(F)c1. The number of unbranched alkanes of at least 4 members (excludes halogenated alkanes) is 3. The van der Waals surface area contributed by atoms with Crippen molar-refractivity contribution in [2.75, 3.05) is 5.75 Å². The van der Waals surface area contributed by atoms with E-state index in [0.29, 0.717) is 10.6 Å². The summed E-state index contributed by atoms with van der Waals surface area (Å²) in [5, 5.41) is 0. The lowest BCUT2D eigenvalue weighted by Crippen LogP contribution is -1.98. The summed E-state index contributed by atoms with van der Waals surface area (Å²) in [6.45, 7) is 2.14. The first-order chi connectivity index (χ1) is 7.24. The summed E-state index contributed by atoms with van der Waals surface area (Å²) < 4.78 is 24.5. The fraction of sp³-hybridized carbons (Fsp3) is 0.500. The van der Waals surface area contributed by atoms with Crippen molar-refractivity contribution in [1.82, 2.24) is 0 Å². The molecule has 0 bridgehead atoms. The van der Waals surface area contributed by atoms with Gasteiger partial charge in [-0.2, -0.15) is 0 Å². The van der Waals surface area contributed by atoms with Gasteiger partial charge >= 0.3 is 0 Å². The molecule has 0 spiro atoms. The molecule has 1 aromatic carbocycles. The topological polar surface area (TPSA) is 17.1 Å². The second kappa shape index (κ2) is 6.72. The van der Waals surface area contributed by atoms with E-state index in [2.05, 4.69) is 6.92 Å². The van der Waals surface area contributed by atoms with Gasteiger partial charge in [0, 0.05) is 10.6 Å². The maximum absolute atomic E-state index is 12.8. The molecule has 1 aromatic rings. The Balaban J connectivity index is 2.40. The van der Waals surface area contributed by atoms with Gasteiger partial charge in [0.2, 0.25) is 0 Å². The van der Waals surface area contributed by atoms with Gasteiger partial charge in [-0.15, -0.1) is 0 Å². The predicted molar refractivity (Wildman–Crippen MR) is 61.8 cm³/mol. The molecule has 0 aliphatic heterocycles. The van der Waals surface area contributed by atoms with Gasteiger partial charge in [-0.05, 0) is 24.6 Å². The maximum Gasteiger partial charge on any atom is 0.124 e. The van der Waals surface area contributed by atoms with Gasteiger partial charge in [0.1, 0.15) is 5.82 Å². The van der Waals surface area contributed by atoms with Crippen molar-refractivity contribution in [3.05, 3.63) is 30.1 Å². The van der Waals surface area contributed by atoms with Crippen molar-refractivity contribution in [3.8, 4) is 0 Å². The minimum Gasteiger partial charge on any atom is -0.254 e. The fourth-order valence-corrected chi connectivity index (χ4v) is 2.56. The van der Waals surface area contributed by atoms with Crippen LogP contribution in [0.3, 0.4) is 0 Å². The molecule has 0 radical (unpaired) electrons. The van der Waals surface area contributed by atoms with Crippen LogP contribution in [0.4, 0.5) is 4.39 Å². The van der Waals surface area contributed by atoms with Crippen LogP contribution < -0.4 is 0 Å². The van der Waals surface area contributed by atoms with E-state index >= 15 is 0 Å². The Kier molecular flexibility index (Phi) is 5.54. The van der Waals surface area contributed by atoms with Crippen LogP contribution in [0.5, 0.6) is 0 Å². The minimum absolute atomic E-state index is 0.311. The molecule has 0 heterocycles. The summed E-state index contributed by atoms with van der Waals surface area (Å²) in [5.74, 6) is 0.332. The molecule has 0 saturated carbocycles. The average Bonchev–Trinajstić information content (AvgIpc) is 2.24. The third-order valence-electron chi connectivity index (χ3n) is 2.24. The van der Waals surface area contributed by atoms with Crippen LogP contribution >= 0.6 is 0 Å². The Morgan fingerprint density at radius 3 is 2.73 bits per heavy atom. The summed E-state index contributed by atoms with van der Waals surface area (Å²) in [7, 11) is -1.04. The van der Waals surface area contributed by atoms with Crippen LogP contribution in [0.25, 0.3) is 0 Å². The molecule has 0 aromatic heterocycles. The van der Waals surface area contributed by atoms with Gasteiger partial charge in [-0.3, -0.25) is 4.21 Å². The van der Waals surface area contributed by atoms with Gasteiger partial charge in [0.05, 0.1) is 10.8 Å². The molecule has 0 aliphatic rings. The molecule has 3 heteroatoms. The van der Waals surface area contributed by atoms with E-state index in [9.17, 15) is 8.60 Å². The molecule has 0 fully saturated rings. The molecule has 1 atom stereocenters. The molecule has 0 N–H and O–H groups in total. The van der Waals surface area contributed by atoms with Crippen LogP contribution in [0.1, 0.15) is 32.6 Å². The van der Waals surface area contributed by atoms with Gasteiger partial charge < -0.3 is 0 Å². The molecule has 0 saturated heterocycles. The lowest BCUT2D eigenvalue weighted by molar-refractivity contribution is 0.622. The van der Waals surface area contributed by atoms with E-state index in [1.807, 2.05) is 0 Å². The fourth-order valence-electron chi connectivity index (χ4n) is 1.39. The maximum atomic E-state index is 12.8. The molecule has 0 amide bonds. The molecule has 1 nitrogen and oxygen atoms in total. The van der Waals surface area contributed by atoms with Crippen LogP contribution in [-0.4, -0.2) is 9.96 Å². The summed E-state index contributed by atoms with van der Waals surface area (Å²) in [6.07, 6.45) is 4.42. The summed E-state index contributed by atoms with van der Waals surface area (Å²) in [6, 6.07) is 6.06. The quantitative estimate of drug-likeness (QED) is 0.681. The van der Waals surface area contributed by atoms with E-state index in [0.717, 1.165) is 12.8 Å². The summed E-state index contributed by atoms with van der Waals surface area (Å²) in [4.78, 5) is 0.603. The molecule has 1 unspecified atom stereocenters. The van der Waals surface area contributed by atoms with E-state index in [-0.39, 0.29) is 5.82 Å². The number of benzene rings is 1. The van der Waals surface area contributed by atoms with E-state index in [1.165, 1.54) is 25.0 Å². The highest BCUT2D eigenvalue weighted by atomic mass is 32.2. The Morgan fingerprint density at radius 1 is 1.27 bits per heavy atom. The molecular formula is C12H17FOS. The smallest absolute Gasteiger partial charge is 0.124 e. The van der Waals surface area contributed by atoms with Crippen LogP contribution in [0, 0.1) is 5.82 Å². The van der Waals surface area contributed by atoms with Crippen molar-refractivity contribution >= 4 is 10.8 Å². The first-order valence-electron chi connectivity index (χ1n) is 5.38. The second-order valence-corrected chi connectivity index (χ2v) is 5.14. The largest absolute Gasteiger partial charge is 0.254 e. The first-order valence-corrected chi connectivity index (χ1v) is 6.70. The molecule has 84 valence electrons. The monoisotopic (exact) mass is 228 g/mol. The highest BCUT2D eigenvalue weighted by Crippen LogP contribution is 2.11. The third-order valence-corrected chi connectivity index (χ3v) is 3.68. The van der Waals surface area contributed by atoms with Crippen LogP contribution in [0.15, 0.2) is 29.2 Å². The zero-order valence-electron chi connectivity index (χ0n) is 9.04. The zero-order chi connectivity index (χ0) is 11.1. The van der Waals surface area contributed by atoms with Crippen LogP contribution in [-0.2, 0) is 10.8 Å². The number of hydrogen-bond acceptors (Lipinski definition) is 1. The van der Waals surface area contributed by atoms with Crippen molar-refractivity contribution in [2.24, 2.45) is 0 Å². The third kappa shape index (κ3) is 4.56. The van der Waals surface area contributed by atoms with Crippen LogP contribution in [0.2, 0.25) is 0 Å². The Hall–Kier alpha value is -0.700. The molecule has 1 rings (SSSR count). The highest BCUT2D eigenvalue weighted by molar-refractivity contribution is 7.85. The van der Waals surface area contributed by atoms with Gasteiger partial charge in [-0.25, -0.2) is 4.39 Å². The van der Waals surface area contributed by atoms with Crippen molar-refractivity contribution in [1.29, 1.82) is 0 Å². The minimum atomic E-state index is -1.04. The lowest BCUT2D eigenvalue weighted by atomic mass is 10.2. The van der Waals surface area contributed by atoms with Gasteiger partial charge in [0.25, 0.3) is 0 Å². The van der Waals surface area contributed by atoms with Gasteiger partial charge in [-0.1, -0.05) is 32.3 Å². The normalized spacial score (nSPS) is 12.7. The number of halogens is 1. The highest BCUT2D eigenvalue weighted by Gasteiger charge is 2.03. The number of hydrogen-bond donors (Lipinski definition) is 0. The first kappa shape index (κ1) is 12.4. The van der Waals surface area contributed by atoms with E-state index in [4.69, 9.17) is 0 Å². The zero-order valence-corrected chi connectivity index (χ0v) is 9.86. The summed E-state index contributed by atoms with van der Waals surface area (Å²) in [5.41, 5.74) is 0. The Morgan fingerprint density at radius 2 is 2.07 bits per heavy atom. The number of rotatable bonds is 6. The lowest BCUT2D eigenvalue weighted by Gasteiger charge is -2.02. The van der Waals surface area contributed by atoms with Crippen molar-refractivity contribution in [2.45, 2.75) is 37.5 Å². The molecular weight excluding hydrogens is 211 g/mol.